The number of amides is 3. The van der Waals surface area contributed by atoms with Gasteiger partial charge in [-0.25, -0.2) is 4.79 Å². The molecule has 0 heterocycles. The number of ether oxygens (including phenoxy) is 1. The molecule has 2 aliphatic rings. The SMILES string of the molecule is Cc1c(Br)ccc(Oc2c(C3CC(C)CCC3C(C)C)cc(NC(=O)NC(=O)c3ccccc3Cl)c(C3CC(C)CCC3C(C)C)c2Cl)c1C. The smallest absolute Gasteiger partial charge is 0.326 e. The highest BCUT2D eigenvalue weighted by Crippen LogP contribution is 2.55. The van der Waals surface area contributed by atoms with Crippen LogP contribution in [0.15, 0.2) is 46.9 Å². The molecule has 5 nitrogen and oxygen atoms in total. The van der Waals surface area contributed by atoms with Crippen molar-refractivity contribution >= 4 is 56.8 Å². The predicted octanol–water partition coefficient (Wildman–Crippen LogP) is 13.5. The summed E-state index contributed by atoms with van der Waals surface area (Å²) in [5.74, 6) is 3.86. The van der Waals surface area contributed by atoms with E-state index in [2.05, 4.69) is 88.0 Å². The molecule has 2 fully saturated rings. The predicted molar refractivity (Wildman–Crippen MR) is 211 cm³/mol. The molecular weight excluding hydrogens is 731 g/mol. The molecule has 0 spiro atoms. The topological polar surface area (TPSA) is 67.4 Å². The molecule has 3 amide bonds. The van der Waals surface area contributed by atoms with Gasteiger partial charge in [0, 0.05) is 21.3 Å². The summed E-state index contributed by atoms with van der Waals surface area (Å²) in [5.41, 5.74) is 4.96. The van der Waals surface area contributed by atoms with Crippen LogP contribution in [-0.2, 0) is 0 Å². The molecule has 6 atom stereocenters. The molecule has 3 aromatic rings. The van der Waals surface area contributed by atoms with E-state index >= 15 is 0 Å². The molecule has 5 rings (SSSR count). The fraction of sp³-hybridized carbons (Fsp3) is 0.524. The number of urea groups is 1. The van der Waals surface area contributed by atoms with E-state index in [0.29, 0.717) is 52.0 Å². The molecule has 0 bridgehead atoms. The van der Waals surface area contributed by atoms with Crippen LogP contribution in [0.1, 0.15) is 125 Å². The second-order valence-electron chi connectivity index (χ2n) is 15.7. The number of hydrogen-bond donors (Lipinski definition) is 2. The van der Waals surface area contributed by atoms with E-state index in [9.17, 15) is 9.59 Å². The second kappa shape index (κ2) is 16.4. The number of benzene rings is 3. The van der Waals surface area contributed by atoms with Gasteiger partial charge in [0.05, 0.1) is 15.6 Å². The number of imide groups is 1. The zero-order valence-corrected chi connectivity index (χ0v) is 33.9. The monoisotopic (exact) mass is 782 g/mol. The number of rotatable bonds is 8. The molecule has 0 saturated heterocycles. The highest BCUT2D eigenvalue weighted by atomic mass is 79.9. The van der Waals surface area contributed by atoms with Gasteiger partial charge in [-0.1, -0.05) is 106 Å². The van der Waals surface area contributed by atoms with Crippen molar-refractivity contribution < 1.29 is 14.3 Å². The van der Waals surface area contributed by atoms with Gasteiger partial charge < -0.3 is 10.1 Å². The third-order valence-corrected chi connectivity index (χ3v) is 13.1. The van der Waals surface area contributed by atoms with Crippen LogP contribution >= 0.6 is 39.1 Å². The number of hydrogen-bond acceptors (Lipinski definition) is 3. The van der Waals surface area contributed by atoms with Gasteiger partial charge in [0.2, 0.25) is 0 Å². The molecule has 50 heavy (non-hydrogen) atoms. The molecule has 6 unspecified atom stereocenters. The summed E-state index contributed by atoms with van der Waals surface area (Å²) in [6.45, 7) is 18.0. The largest absolute Gasteiger partial charge is 0.455 e. The third-order valence-electron chi connectivity index (χ3n) is 11.6. The Morgan fingerprint density at radius 3 is 2.06 bits per heavy atom. The lowest BCUT2D eigenvalue weighted by molar-refractivity contribution is 0.0967. The van der Waals surface area contributed by atoms with Gasteiger partial charge in [0.1, 0.15) is 11.5 Å². The Kier molecular flexibility index (Phi) is 12.7. The molecular formula is C42H53BrCl2N2O3. The van der Waals surface area contributed by atoms with Gasteiger partial charge in [0.15, 0.2) is 0 Å². The minimum absolute atomic E-state index is 0.0937. The van der Waals surface area contributed by atoms with Crippen LogP contribution in [0.2, 0.25) is 10.0 Å². The van der Waals surface area contributed by atoms with E-state index in [4.69, 9.17) is 27.9 Å². The van der Waals surface area contributed by atoms with E-state index in [1.165, 1.54) is 6.42 Å². The summed E-state index contributed by atoms with van der Waals surface area (Å²) < 4.78 is 8.05. The molecule has 0 radical (unpaired) electrons. The first-order valence-electron chi connectivity index (χ1n) is 18.3. The maximum absolute atomic E-state index is 13.8. The van der Waals surface area contributed by atoms with Crippen molar-refractivity contribution in [3.63, 3.8) is 0 Å². The molecule has 270 valence electrons. The highest BCUT2D eigenvalue weighted by molar-refractivity contribution is 9.10. The first-order valence-corrected chi connectivity index (χ1v) is 19.9. The quantitative estimate of drug-likeness (QED) is 0.239. The first-order chi connectivity index (χ1) is 23.7. The second-order valence-corrected chi connectivity index (χ2v) is 17.4. The molecule has 2 N–H and O–H groups in total. The number of carbonyl (C=O) groups excluding carboxylic acids is 2. The van der Waals surface area contributed by atoms with Crippen LogP contribution in [0.4, 0.5) is 10.5 Å². The van der Waals surface area contributed by atoms with Crippen LogP contribution in [0.3, 0.4) is 0 Å². The van der Waals surface area contributed by atoms with Crippen molar-refractivity contribution in [1.29, 1.82) is 0 Å². The Labute approximate surface area is 317 Å². The van der Waals surface area contributed by atoms with E-state index in [0.717, 1.165) is 64.6 Å². The molecule has 8 heteroatoms. The van der Waals surface area contributed by atoms with E-state index in [1.807, 2.05) is 12.1 Å². The fourth-order valence-corrected chi connectivity index (χ4v) is 9.60. The fourth-order valence-electron chi connectivity index (χ4n) is 8.56. The summed E-state index contributed by atoms with van der Waals surface area (Å²) in [6, 6.07) is 12.3. The zero-order valence-electron chi connectivity index (χ0n) is 30.8. The highest BCUT2D eigenvalue weighted by Gasteiger charge is 2.39. The Morgan fingerprint density at radius 2 is 1.44 bits per heavy atom. The van der Waals surface area contributed by atoms with Crippen LogP contribution in [0.25, 0.3) is 0 Å². The van der Waals surface area contributed by atoms with Crippen molar-refractivity contribution in [3.8, 4) is 11.5 Å². The van der Waals surface area contributed by atoms with Gasteiger partial charge >= 0.3 is 6.03 Å². The van der Waals surface area contributed by atoms with Crippen molar-refractivity contribution in [1.82, 2.24) is 5.32 Å². The standard InChI is InChI=1S/C42H53BrCl2N2O3/c1-22(2)28-15-13-24(5)19-31(28)33-21-36(46-42(49)47-41(48)30-11-9-10-12-35(30)44)38(32-20-25(6)14-16-29(32)23(3)4)39(45)40(33)50-37-18-17-34(43)26(7)27(37)8/h9-12,17-18,21-25,28-29,31-32H,13-16,19-20H2,1-8H3,(H2,46,47,48,49). The van der Waals surface area contributed by atoms with Crippen LogP contribution in [-0.4, -0.2) is 11.9 Å². The number of anilines is 1. The summed E-state index contributed by atoms with van der Waals surface area (Å²) in [5, 5.41) is 6.51. The maximum Gasteiger partial charge on any atom is 0.326 e. The van der Waals surface area contributed by atoms with Crippen LogP contribution in [0.5, 0.6) is 11.5 Å². The lowest BCUT2D eigenvalue weighted by Crippen LogP contribution is -2.35. The molecule has 2 aliphatic carbocycles. The Balaban J connectivity index is 1.71. The van der Waals surface area contributed by atoms with Crippen molar-refractivity contribution in [2.24, 2.45) is 35.5 Å². The minimum Gasteiger partial charge on any atom is -0.455 e. The van der Waals surface area contributed by atoms with Gasteiger partial charge in [-0.3, -0.25) is 10.1 Å². The van der Waals surface area contributed by atoms with Crippen molar-refractivity contribution in [2.75, 3.05) is 5.32 Å². The first kappa shape index (κ1) is 38.7. The van der Waals surface area contributed by atoms with Crippen molar-refractivity contribution in [3.05, 3.63) is 84.8 Å². The molecule has 3 aromatic carbocycles. The number of carbonyl (C=O) groups is 2. The average molecular weight is 785 g/mol. The Morgan fingerprint density at radius 1 is 0.840 bits per heavy atom. The Hall–Kier alpha value is -2.54. The normalized spacial score (nSPS) is 23.9. The molecule has 0 aromatic heterocycles. The van der Waals surface area contributed by atoms with Crippen LogP contribution < -0.4 is 15.4 Å². The van der Waals surface area contributed by atoms with Gasteiger partial charge in [-0.15, -0.1) is 0 Å². The summed E-state index contributed by atoms with van der Waals surface area (Å²) in [7, 11) is 0. The zero-order chi connectivity index (χ0) is 36.4. The number of halogens is 3. The van der Waals surface area contributed by atoms with Crippen molar-refractivity contribution in [2.45, 2.75) is 106 Å². The Bertz CT molecular complexity index is 1720. The van der Waals surface area contributed by atoms with E-state index in [-0.39, 0.29) is 22.4 Å². The van der Waals surface area contributed by atoms with Gasteiger partial charge in [0.25, 0.3) is 5.91 Å². The average Bonchev–Trinajstić information content (AvgIpc) is 3.05. The maximum atomic E-state index is 13.8. The summed E-state index contributed by atoms with van der Waals surface area (Å²) >= 11 is 17.7. The van der Waals surface area contributed by atoms with Gasteiger partial charge in [-0.2, -0.15) is 0 Å². The number of nitrogens with one attached hydrogen (secondary N) is 2. The lowest BCUT2D eigenvalue weighted by atomic mass is 9.65. The molecule has 2 saturated carbocycles. The third kappa shape index (κ3) is 8.40. The van der Waals surface area contributed by atoms with E-state index in [1.54, 1.807) is 24.3 Å². The van der Waals surface area contributed by atoms with Gasteiger partial charge in [-0.05, 0) is 128 Å². The molecule has 0 aliphatic heterocycles. The minimum atomic E-state index is -0.617. The lowest BCUT2D eigenvalue weighted by Gasteiger charge is -2.41. The van der Waals surface area contributed by atoms with E-state index < -0.39 is 11.9 Å². The summed E-state index contributed by atoms with van der Waals surface area (Å²) in [6.07, 6.45) is 6.47. The summed E-state index contributed by atoms with van der Waals surface area (Å²) in [4.78, 5) is 27.0. The van der Waals surface area contributed by atoms with Crippen LogP contribution in [0, 0.1) is 49.4 Å².